The number of aliphatic hydroxyl groups excluding tert-OH is 1. The van der Waals surface area contributed by atoms with Gasteiger partial charge in [-0.25, -0.2) is 0 Å². The monoisotopic (exact) mass is 917 g/mol. The van der Waals surface area contributed by atoms with Crippen molar-refractivity contribution in [2.45, 2.75) is 168 Å². The van der Waals surface area contributed by atoms with Crippen molar-refractivity contribution >= 4 is 27.5 Å². The smallest absolute Gasteiger partial charge is 0.162 e. The van der Waals surface area contributed by atoms with E-state index in [-0.39, 0.29) is 43.1 Å². The van der Waals surface area contributed by atoms with E-state index in [9.17, 15) is 9.90 Å². The van der Waals surface area contributed by atoms with Crippen molar-refractivity contribution in [1.82, 2.24) is 4.98 Å². The number of allylic oxidation sites excluding steroid dienone is 2. The Hall–Kier alpha value is -2.81. The maximum absolute atomic E-state index is 12.0. The Kier molecular flexibility index (Phi) is 13.8. The van der Waals surface area contributed by atoms with Crippen LogP contribution in [0.1, 0.15) is 171 Å². The van der Waals surface area contributed by atoms with Gasteiger partial charge in [0.05, 0.1) is 11.3 Å². The normalized spacial score (nSPS) is 20.2. The van der Waals surface area contributed by atoms with E-state index in [1.807, 2.05) is 0 Å². The van der Waals surface area contributed by atoms with Gasteiger partial charge in [0.25, 0.3) is 0 Å². The fraction of sp³-hybridized carbons (Fsp3) is 0.569. The van der Waals surface area contributed by atoms with Gasteiger partial charge in [-0.1, -0.05) is 120 Å². The summed E-state index contributed by atoms with van der Waals surface area (Å²) in [6.07, 6.45) is 25.7. The first kappa shape index (κ1) is 41.8. The van der Waals surface area contributed by atoms with Crippen LogP contribution in [0.15, 0.2) is 60.4 Å². The quantitative estimate of drug-likeness (QED) is 0.123. The molecule has 0 atom stereocenters. The van der Waals surface area contributed by atoms with E-state index in [0.29, 0.717) is 17.1 Å². The van der Waals surface area contributed by atoms with Crippen molar-refractivity contribution < 1.29 is 30.0 Å². The molecule has 4 aliphatic carbocycles. The van der Waals surface area contributed by atoms with Gasteiger partial charge in [-0.15, -0.1) is 29.1 Å². The molecule has 3 nitrogen and oxygen atoms in total. The van der Waals surface area contributed by atoms with Gasteiger partial charge < -0.3 is 5.11 Å². The van der Waals surface area contributed by atoms with Crippen LogP contribution >= 0.6 is 0 Å². The summed E-state index contributed by atoms with van der Waals surface area (Å²) in [6.45, 7) is 11.4. The topological polar surface area (TPSA) is 50.2 Å². The van der Waals surface area contributed by atoms with Crippen LogP contribution in [0.4, 0.5) is 0 Å². The molecule has 0 bridgehead atoms. The van der Waals surface area contributed by atoms with E-state index in [4.69, 9.17) is 4.98 Å². The van der Waals surface area contributed by atoms with Crippen LogP contribution in [-0.4, -0.2) is 15.9 Å². The Morgan fingerprint density at radius 1 is 0.782 bits per heavy atom. The molecule has 1 radical (unpaired) electrons. The van der Waals surface area contributed by atoms with Crippen molar-refractivity contribution in [2.75, 3.05) is 0 Å². The van der Waals surface area contributed by atoms with E-state index >= 15 is 0 Å². The molecule has 8 rings (SSSR count). The largest absolute Gasteiger partial charge is 0.512 e. The average Bonchev–Trinajstić information content (AvgIpc) is 3.18. The number of fused-ring (bicyclic) bond motifs is 2. The van der Waals surface area contributed by atoms with Gasteiger partial charge in [0.15, 0.2) is 5.78 Å². The fourth-order valence-electron chi connectivity index (χ4n) is 10.7. The molecular formula is C51H66IrNO2-. The number of aromatic nitrogens is 1. The molecule has 0 aliphatic heterocycles. The number of hydrogen-bond acceptors (Lipinski definition) is 3. The Bertz CT molecular complexity index is 1960. The van der Waals surface area contributed by atoms with Gasteiger partial charge >= 0.3 is 0 Å². The number of ketones is 1. The van der Waals surface area contributed by atoms with Gasteiger partial charge in [0.1, 0.15) is 0 Å². The summed E-state index contributed by atoms with van der Waals surface area (Å²) >= 11 is 0. The SMILES string of the molecule is Cc1cc(C)c2c(C3CCC4(CCCCC4)CC3)cc(-c3[c-]c4ccccc4c(C(C)(C)C)c3)nc2c1.O=C(/C=C(\O)C1CCCCC1)C1CCCCC1.[Ir]. The molecule has 0 amide bonds. The van der Waals surface area contributed by atoms with Crippen LogP contribution in [0.2, 0.25) is 0 Å². The first-order chi connectivity index (χ1) is 26.0. The van der Waals surface area contributed by atoms with Crippen LogP contribution < -0.4 is 0 Å². The van der Waals surface area contributed by atoms with Crippen LogP contribution in [0.25, 0.3) is 32.9 Å². The number of hydrogen-bond donors (Lipinski definition) is 1. The molecule has 4 fully saturated rings. The molecule has 1 spiro atoms. The minimum absolute atomic E-state index is 0. The summed E-state index contributed by atoms with van der Waals surface area (Å²) in [6, 6.07) is 21.9. The van der Waals surface area contributed by atoms with Gasteiger partial charge in [0, 0.05) is 49.1 Å². The van der Waals surface area contributed by atoms with Crippen molar-refractivity contribution in [3.63, 3.8) is 0 Å². The summed E-state index contributed by atoms with van der Waals surface area (Å²) < 4.78 is 0. The summed E-state index contributed by atoms with van der Waals surface area (Å²) in [7, 11) is 0. The number of rotatable bonds is 5. The zero-order valence-corrected chi connectivity index (χ0v) is 36.9. The number of benzene rings is 3. The second-order valence-corrected chi connectivity index (χ2v) is 18.9. The van der Waals surface area contributed by atoms with Crippen molar-refractivity contribution in [1.29, 1.82) is 0 Å². The summed E-state index contributed by atoms with van der Waals surface area (Å²) in [5, 5.41) is 13.9. The Morgan fingerprint density at radius 2 is 1.40 bits per heavy atom. The zero-order chi connectivity index (χ0) is 37.9. The molecular weight excluding hydrogens is 851 g/mol. The second-order valence-electron chi connectivity index (χ2n) is 18.9. The van der Waals surface area contributed by atoms with Gasteiger partial charge in [0.2, 0.25) is 0 Å². The minimum atomic E-state index is 0. The third-order valence-corrected chi connectivity index (χ3v) is 13.9. The van der Waals surface area contributed by atoms with E-state index in [2.05, 4.69) is 89.2 Å². The first-order valence-corrected chi connectivity index (χ1v) is 21.8. The molecule has 1 heterocycles. The standard InChI is InChI=1S/C36H42N.C15H24O2.Ir/c1-24-19-25(2)34-30(26-13-17-36(18-14-26)15-9-6-10-16-36)23-32(37-33(34)20-24)28-21-27-11-7-8-12-29(27)31(22-28)35(3,4)5;16-14(12-7-3-1-4-8-12)11-15(17)13-9-5-2-6-10-13;/h7-8,11-12,19-20,22-23,26H,6,9-10,13-18H2,1-5H3;11-13,16H,1-10H2;/q-1;;/b;14-11-;. The molecule has 4 aromatic rings. The number of pyridine rings is 1. The molecule has 4 heteroatoms. The fourth-order valence-corrected chi connectivity index (χ4v) is 10.7. The molecule has 0 unspecified atom stereocenters. The predicted molar refractivity (Wildman–Crippen MR) is 227 cm³/mol. The first-order valence-electron chi connectivity index (χ1n) is 21.8. The van der Waals surface area contributed by atoms with Gasteiger partial charge in [-0.05, 0) is 118 Å². The van der Waals surface area contributed by atoms with Crippen molar-refractivity contribution in [2.24, 2.45) is 17.3 Å². The van der Waals surface area contributed by atoms with Crippen LogP contribution in [0, 0.1) is 37.2 Å². The molecule has 3 aromatic carbocycles. The zero-order valence-electron chi connectivity index (χ0n) is 34.5. The van der Waals surface area contributed by atoms with Crippen molar-refractivity contribution in [3.05, 3.63) is 88.7 Å². The second kappa shape index (κ2) is 18.2. The average molecular weight is 917 g/mol. The summed E-state index contributed by atoms with van der Waals surface area (Å²) in [5.74, 6) is 1.61. The Balaban J connectivity index is 0.000000241. The molecule has 4 aliphatic rings. The van der Waals surface area contributed by atoms with E-state index in [1.54, 1.807) is 6.08 Å². The predicted octanol–water partition coefficient (Wildman–Crippen LogP) is 14.5. The Labute approximate surface area is 345 Å². The van der Waals surface area contributed by atoms with Crippen LogP contribution in [0.3, 0.4) is 0 Å². The minimum Gasteiger partial charge on any atom is -0.512 e. The van der Waals surface area contributed by atoms with E-state index < -0.39 is 0 Å². The van der Waals surface area contributed by atoms with Crippen LogP contribution in [-0.2, 0) is 30.3 Å². The molecule has 297 valence electrons. The molecule has 0 saturated heterocycles. The summed E-state index contributed by atoms with van der Waals surface area (Å²) in [5.41, 5.74) is 9.63. The van der Waals surface area contributed by atoms with E-state index in [1.165, 1.54) is 135 Å². The molecule has 55 heavy (non-hydrogen) atoms. The maximum atomic E-state index is 12.0. The number of aryl methyl sites for hydroxylation is 2. The van der Waals surface area contributed by atoms with Gasteiger partial charge in [-0.3, -0.25) is 9.78 Å². The Morgan fingerprint density at radius 3 is 2.05 bits per heavy atom. The van der Waals surface area contributed by atoms with Crippen molar-refractivity contribution in [3.8, 4) is 11.3 Å². The molecule has 1 aromatic heterocycles. The third kappa shape index (κ3) is 9.84. The van der Waals surface area contributed by atoms with Crippen LogP contribution in [0.5, 0.6) is 0 Å². The maximum Gasteiger partial charge on any atom is 0.162 e. The summed E-state index contributed by atoms with van der Waals surface area (Å²) in [4.78, 5) is 17.3. The number of aliphatic hydroxyl groups is 1. The number of nitrogens with zero attached hydrogens (tertiary/aromatic N) is 1. The third-order valence-electron chi connectivity index (χ3n) is 13.9. The number of carbonyl (C=O) groups excluding carboxylic acids is 1. The number of carbonyl (C=O) groups is 1. The molecule has 4 saturated carbocycles. The molecule has 1 N–H and O–H groups in total. The van der Waals surface area contributed by atoms with Gasteiger partial charge in [-0.2, -0.15) is 0 Å². The van der Waals surface area contributed by atoms with E-state index in [0.717, 1.165) is 42.5 Å².